The summed E-state index contributed by atoms with van der Waals surface area (Å²) in [6.45, 7) is 2.80. The van der Waals surface area contributed by atoms with Gasteiger partial charge < -0.3 is 14.4 Å². The van der Waals surface area contributed by atoms with E-state index < -0.39 is 28.1 Å². The lowest BCUT2D eigenvalue weighted by molar-refractivity contribution is 0.145. The number of azide groups is 1. The molecule has 0 unspecified atom stereocenters. The van der Waals surface area contributed by atoms with Crippen LogP contribution in [0.3, 0.4) is 0 Å². The number of likely N-dealkylation sites (tertiary alicyclic amines) is 1. The molecule has 13 heteroatoms. The molecule has 2 atom stereocenters. The summed E-state index contributed by atoms with van der Waals surface area (Å²) in [4.78, 5) is 18.0. The third-order valence-electron chi connectivity index (χ3n) is 5.69. The highest BCUT2D eigenvalue weighted by atomic mass is 32.2. The molecule has 2 heterocycles. The quantitative estimate of drug-likeness (QED) is 0.205. The molecular formula is C24H30FN5O6S. The van der Waals surface area contributed by atoms with Crippen molar-refractivity contribution in [1.82, 2.24) is 4.90 Å². The monoisotopic (exact) mass is 535 g/mol. The number of ether oxygens (including phenoxy) is 2. The van der Waals surface area contributed by atoms with E-state index in [1.54, 1.807) is 6.07 Å². The number of hydrogen-bond acceptors (Lipinski definition) is 8. The van der Waals surface area contributed by atoms with Gasteiger partial charge in [-0.2, -0.15) is 8.42 Å². The number of amides is 1. The first-order chi connectivity index (χ1) is 17.6. The zero-order chi connectivity index (χ0) is 26.8. The minimum atomic E-state index is -3.25. The number of hydrogen-bond donors (Lipinski definition) is 0. The normalized spacial score (nSPS) is 19.5. The Morgan fingerprint density at radius 2 is 1.97 bits per heavy atom. The molecule has 37 heavy (non-hydrogen) atoms. The summed E-state index contributed by atoms with van der Waals surface area (Å²) in [5.41, 5.74) is 9.60. The van der Waals surface area contributed by atoms with E-state index in [9.17, 15) is 17.6 Å². The van der Waals surface area contributed by atoms with Gasteiger partial charge in [-0.25, -0.2) is 9.18 Å². The molecule has 2 saturated heterocycles. The van der Waals surface area contributed by atoms with Crippen LogP contribution in [-0.2, 0) is 25.6 Å². The molecule has 2 aromatic rings. The number of halogens is 1. The maximum atomic E-state index is 14.3. The number of carbonyl (C=O) groups excluding carboxylic acids is 1. The van der Waals surface area contributed by atoms with E-state index in [-0.39, 0.29) is 25.4 Å². The molecule has 0 N–H and O–H groups in total. The van der Waals surface area contributed by atoms with Gasteiger partial charge in [-0.1, -0.05) is 35.4 Å². The predicted molar refractivity (Wildman–Crippen MR) is 135 cm³/mol. The summed E-state index contributed by atoms with van der Waals surface area (Å²) < 4.78 is 50.8. The molecule has 0 spiro atoms. The molecule has 2 aromatic carbocycles. The smallest absolute Gasteiger partial charge is 0.414 e. The second-order valence-corrected chi connectivity index (χ2v) is 10.5. The molecule has 11 nitrogen and oxygen atoms in total. The molecule has 1 amide bonds. The van der Waals surface area contributed by atoms with E-state index in [0.29, 0.717) is 18.2 Å². The van der Waals surface area contributed by atoms with E-state index >= 15 is 0 Å². The lowest BCUT2D eigenvalue weighted by Crippen LogP contribution is -2.25. The zero-order valence-corrected chi connectivity index (χ0v) is 21.5. The van der Waals surface area contributed by atoms with Crippen molar-refractivity contribution in [2.45, 2.75) is 19.1 Å². The van der Waals surface area contributed by atoms with Crippen molar-refractivity contribution in [1.29, 1.82) is 0 Å². The van der Waals surface area contributed by atoms with Gasteiger partial charge in [0.2, 0.25) is 0 Å². The number of benzene rings is 2. The van der Waals surface area contributed by atoms with Crippen LogP contribution in [0, 0.1) is 11.7 Å². The van der Waals surface area contributed by atoms with Crippen LogP contribution in [0.2, 0.25) is 0 Å². The molecule has 2 aliphatic heterocycles. The molecule has 4 rings (SSSR count). The SMILES string of the molecule is CN1CC[C@H](COS(C)(=O)=O)C1.[N-]=[N+]=NC[C@H]1CN(c2ccc(OCc3ccccc3)c(F)c2)C(=O)O1. The van der Waals surface area contributed by atoms with Crippen molar-refractivity contribution in [2.24, 2.45) is 11.0 Å². The summed E-state index contributed by atoms with van der Waals surface area (Å²) in [7, 11) is -1.22. The van der Waals surface area contributed by atoms with Crippen LogP contribution in [0.25, 0.3) is 10.4 Å². The highest BCUT2D eigenvalue weighted by Gasteiger charge is 2.32. The Labute approximate surface area is 215 Å². The average molecular weight is 536 g/mol. The summed E-state index contributed by atoms with van der Waals surface area (Å²) in [5.74, 6) is -0.0877. The van der Waals surface area contributed by atoms with Crippen LogP contribution in [0.5, 0.6) is 5.75 Å². The summed E-state index contributed by atoms with van der Waals surface area (Å²) in [5, 5.41) is 3.38. The van der Waals surface area contributed by atoms with Gasteiger partial charge in [0, 0.05) is 17.5 Å². The Bertz CT molecular complexity index is 1210. The molecule has 0 aromatic heterocycles. The molecule has 0 aliphatic carbocycles. The number of carbonyl (C=O) groups is 1. The van der Waals surface area contributed by atoms with Crippen LogP contribution >= 0.6 is 0 Å². The van der Waals surface area contributed by atoms with Crippen molar-refractivity contribution >= 4 is 21.9 Å². The maximum absolute atomic E-state index is 14.3. The zero-order valence-electron chi connectivity index (χ0n) is 20.7. The Morgan fingerprint density at radius 3 is 2.59 bits per heavy atom. The standard InChI is InChI=1S/C17H15FN4O3.C7H15NO3S/c18-15-8-13(22-10-14(9-20-21-19)25-17(22)23)6-7-16(15)24-11-12-4-2-1-3-5-12;1-8-4-3-7(5-8)6-11-12(2,9)10/h1-8,14H,9-11H2;7H,3-6H2,1-2H3/t14-;7-/m00/s1. The molecule has 2 fully saturated rings. The Balaban J connectivity index is 0.000000266. The van der Waals surface area contributed by atoms with Crippen molar-refractivity contribution in [3.8, 4) is 5.75 Å². The summed E-state index contributed by atoms with van der Waals surface area (Å²) in [6, 6.07) is 13.7. The summed E-state index contributed by atoms with van der Waals surface area (Å²) in [6.07, 6.45) is 0.980. The van der Waals surface area contributed by atoms with E-state index in [0.717, 1.165) is 31.3 Å². The van der Waals surface area contributed by atoms with Gasteiger partial charge in [-0.15, -0.1) is 0 Å². The van der Waals surface area contributed by atoms with E-state index in [1.807, 2.05) is 37.4 Å². The van der Waals surface area contributed by atoms with Crippen molar-refractivity contribution in [3.05, 3.63) is 70.4 Å². The van der Waals surface area contributed by atoms with Crippen molar-refractivity contribution in [2.75, 3.05) is 51.0 Å². The molecule has 0 saturated carbocycles. The van der Waals surface area contributed by atoms with Crippen molar-refractivity contribution < 1.29 is 31.3 Å². The van der Waals surface area contributed by atoms with Gasteiger partial charge in [0.25, 0.3) is 10.1 Å². The Kier molecular flexibility index (Phi) is 10.1. The van der Waals surface area contributed by atoms with Gasteiger partial charge in [0.05, 0.1) is 31.6 Å². The topological polar surface area (TPSA) is 134 Å². The molecule has 0 radical (unpaired) electrons. The van der Waals surface area contributed by atoms with Crippen LogP contribution in [0.4, 0.5) is 14.9 Å². The van der Waals surface area contributed by atoms with Crippen LogP contribution in [0.15, 0.2) is 53.6 Å². The van der Waals surface area contributed by atoms with E-state index in [4.69, 9.17) is 19.2 Å². The highest BCUT2D eigenvalue weighted by Crippen LogP contribution is 2.27. The van der Waals surface area contributed by atoms with Gasteiger partial charge in [0.15, 0.2) is 11.6 Å². The average Bonchev–Trinajstić information content (AvgIpc) is 3.46. The fraction of sp³-hybridized carbons (Fsp3) is 0.458. The fourth-order valence-corrected chi connectivity index (χ4v) is 4.29. The predicted octanol–water partition coefficient (Wildman–Crippen LogP) is 3.95. The van der Waals surface area contributed by atoms with Crippen molar-refractivity contribution in [3.63, 3.8) is 0 Å². The molecule has 2 aliphatic rings. The van der Waals surface area contributed by atoms with Gasteiger partial charge in [0.1, 0.15) is 12.7 Å². The number of anilines is 1. The molecule has 0 bridgehead atoms. The minimum absolute atomic E-state index is 0.0412. The van der Waals surface area contributed by atoms with E-state index in [2.05, 4.69) is 14.9 Å². The lowest BCUT2D eigenvalue weighted by Gasteiger charge is -2.14. The molecular weight excluding hydrogens is 505 g/mol. The largest absolute Gasteiger partial charge is 0.486 e. The van der Waals surface area contributed by atoms with Crippen LogP contribution < -0.4 is 9.64 Å². The number of nitrogens with zero attached hydrogens (tertiary/aromatic N) is 5. The number of cyclic esters (lactones) is 1. The van der Waals surface area contributed by atoms with Gasteiger partial charge in [-0.05, 0) is 49.2 Å². The second kappa shape index (κ2) is 13.2. The molecule has 200 valence electrons. The third-order valence-corrected chi connectivity index (χ3v) is 6.26. The minimum Gasteiger partial charge on any atom is -0.486 e. The van der Waals surface area contributed by atoms with E-state index in [1.165, 1.54) is 17.0 Å². The first kappa shape index (κ1) is 28.2. The second-order valence-electron chi connectivity index (χ2n) is 8.82. The van der Waals surface area contributed by atoms with Gasteiger partial charge >= 0.3 is 6.09 Å². The lowest BCUT2D eigenvalue weighted by atomic mass is 10.1. The van der Waals surface area contributed by atoms with Gasteiger partial charge in [-0.3, -0.25) is 9.08 Å². The first-order valence-electron chi connectivity index (χ1n) is 11.6. The first-order valence-corrected chi connectivity index (χ1v) is 13.4. The highest BCUT2D eigenvalue weighted by molar-refractivity contribution is 7.85. The third kappa shape index (κ3) is 9.21. The summed E-state index contributed by atoms with van der Waals surface area (Å²) >= 11 is 0. The Morgan fingerprint density at radius 1 is 1.22 bits per heavy atom. The Hall–Kier alpha value is -3.38. The maximum Gasteiger partial charge on any atom is 0.414 e. The van der Waals surface area contributed by atoms with Crippen LogP contribution in [0.1, 0.15) is 12.0 Å². The number of rotatable bonds is 9. The fourth-order valence-electron chi connectivity index (χ4n) is 3.85. The van der Waals surface area contributed by atoms with Crippen LogP contribution in [-0.4, -0.2) is 71.6 Å².